The van der Waals surface area contributed by atoms with Gasteiger partial charge in [-0.1, -0.05) is 0 Å². The highest BCUT2D eigenvalue weighted by Crippen LogP contribution is 1.98. The molecule has 0 aliphatic carbocycles. The fraction of sp³-hybridized carbons (Fsp3) is 0.846. The number of morpholine rings is 1. The number of amides is 3. The second kappa shape index (κ2) is 6.34. The van der Waals surface area contributed by atoms with Crippen LogP contribution in [0.3, 0.4) is 0 Å². The maximum atomic E-state index is 11.8. The summed E-state index contributed by atoms with van der Waals surface area (Å²) >= 11 is 0. The van der Waals surface area contributed by atoms with Crippen molar-refractivity contribution in [3.05, 3.63) is 0 Å². The third-order valence-corrected chi connectivity index (χ3v) is 2.77. The smallest absolute Gasteiger partial charge is 0.322 e. The zero-order chi connectivity index (χ0) is 14.6. The minimum absolute atomic E-state index is 0.148. The molecule has 0 aromatic carbocycles. The van der Waals surface area contributed by atoms with Crippen LogP contribution < -0.4 is 15.5 Å². The molecule has 6 nitrogen and oxygen atoms in total. The molecule has 1 rings (SSSR count). The van der Waals surface area contributed by atoms with Gasteiger partial charge < -0.3 is 15.0 Å². The average molecular weight is 272 g/mol. The lowest BCUT2D eigenvalue weighted by Gasteiger charge is -2.31. The van der Waals surface area contributed by atoms with Crippen LogP contribution in [0.2, 0.25) is 0 Å². The molecule has 110 valence electrons. The minimum Gasteiger partial charge on any atom is -0.364 e. The lowest BCUT2D eigenvalue weighted by atomic mass is 10.1. The number of ether oxygens (including phenoxy) is 1. The predicted molar refractivity (Wildman–Crippen MR) is 72.0 cm³/mol. The first-order valence-corrected chi connectivity index (χ1v) is 6.77. The molecule has 1 heterocycles. The number of hydrogen-bond donors (Lipinski definition) is 3. The van der Waals surface area contributed by atoms with Crippen molar-refractivity contribution in [2.45, 2.75) is 52.4 Å². The van der Waals surface area contributed by atoms with Crippen LogP contribution in [0, 0.1) is 0 Å². The van der Waals surface area contributed by atoms with Crippen molar-refractivity contribution >= 4 is 11.9 Å². The van der Waals surface area contributed by atoms with Crippen LogP contribution in [0.1, 0.15) is 34.6 Å². The van der Waals surface area contributed by atoms with Crippen LogP contribution in [0.4, 0.5) is 4.79 Å². The normalized spacial score (nSPS) is 27.7. The highest BCUT2D eigenvalue weighted by Gasteiger charge is 2.27. The zero-order valence-corrected chi connectivity index (χ0v) is 12.5. The van der Waals surface area contributed by atoms with Gasteiger partial charge in [-0.3, -0.25) is 10.1 Å². The third kappa shape index (κ3) is 6.54. The van der Waals surface area contributed by atoms with Crippen molar-refractivity contribution < 1.29 is 19.2 Å². The van der Waals surface area contributed by atoms with E-state index in [-0.39, 0.29) is 23.7 Å². The van der Waals surface area contributed by atoms with Crippen LogP contribution in [0.25, 0.3) is 0 Å². The topological polar surface area (TPSA) is 71.9 Å². The van der Waals surface area contributed by atoms with Gasteiger partial charge in [-0.2, -0.15) is 0 Å². The molecule has 3 N–H and O–H groups in total. The number of carbonyl (C=O) groups is 2. The van der Waals surface area contributed by atoms with Gasteiger partial charge in [0.1, 0.15) is 25.3 Å². The second-order valence-corrected chi connectivity index (χ2v) is 6.34. The molecule has 3 amide bonds. The van der Waals surface area contributed by atoms with Crippen molar-refractivity contribution in [2.75, 3.05) is 19.6 Å². The Morgan fingerprint density at radius 3 is 2.21 bits per heavy atom. The van der Waals surface area contributed by atoms with Crippen LogP contribution in [-0.2, 0) is 9.53 Å². The summed E-state index contributed by atoms with van der Waals surface area (Å²) in [5.74, 6) is -0.252. The van der Waals surface area contributed by atoms with Crippen molar-refractivity contribution in [3.8, 4) is 0 Å². The second-order valence-electron chi connectivity index (χ2n) is 6.34. The van der Waals surface area contributed by atoms with Crippen molar-refractivity contribution in [1.29, 1.82) is 0 Å². The van der Waals surface area contributed by atoms with E-state index in [1.807, 2.05) is 34.6 Å². The van der Waals surface area contributed by atoms with E-state index >= 15 is 0 Å². The number of nitrogens with one attached hydrogen (secondary N) is 3. The number of imide groups is 1. The number of rotatable bonds is 2. The van der Waals surface area contributed by atoms with E-state index in [2.05, 4.69) is 10.6 Å². The zero-order valence-electron chi connectivity index (χ0n) is 12.5. The summed E-state index contributed by atoms with van der Waals surface area (Å²) in [4.78, 5) is 24.5. The Morgan fingerprint density at radius 2 is 1.74 bits per heavy atom. The van der Waals surface area contributed by atoms with Gasteiger partial charge in [0.15, 0.2) is 6.54 Å². The molecular formula is C13H26N3O3+. The van der Waals surface area contributed by atoms with Crippen LogP contribution in [0.5, 0.6) is 0 Å². The summed E-state index contributed by atoms with van der Waals surface area (Å²) in [5, 5.41) is 5.06. The summed E-state index contributed by atoms with van der Waals surface area (Å²) in [6.45, 7) is 11.5. The molecular weight excluding hydrogens is 246 g/mol. The minimum atomic E-state index is -0.439. The van der Waals surface area contributed by atoms with E-state index in [0.29, 0.717) is 6.54 Å². The summed E-state index contributed by atoms with van der Waals surface area (Å²) in [6, 6.07) is -0.439. The van der Waals surface area contributed by atoms with E-state index in [1.165, 1.54) is 0 Å². The first kappa shape index (κ1) is 15.9. The molecule has 6 heteroatoms. The highest BCUT2D eigenvalue weighted by atomic mass is 16.5. The molecule has 0 radical (unpaired) electrons. The Morgan fingerprint density at radius 1 is 1.21 bits per heavy atom. The monoisotopic (exact) mass is 272 g/mol. The summed E-state index contributed by atoms with van der Waals surface area (Å²) in [7, 11) is 0. The first-order chi connectivity index (χ1) is 8.65. The molecule has 0 saturated carbocycles. The van der Waals surface area contributed by atoms with E-state index in [9.17, 15) is 9.59 Å². The Balaban J connectivity index is 2.36. The number of urea groups is 1. The van der Waals surface area contributed by atoms with Gasteiger partial charge in [0.25, 0.3) is 5.91 Å². The molecule has 0 aromatic rings. The van der Waals surface area contributed by atoms with Gasteiger partial charge in [-0.25, -0.2) is 4.79 Å². The van der Waals surface area contributed by atoms with E-state index < -0.39 is 6.03 Å². The largest absolute Gasteiger partial charge is 0.364 e. The summed E-state index contributed by atoms with van der Waals surface area (Å²) in [6.07, 6.45) is 0.296. The Labute approximate surface area is 114 Å². The number of hydrogen-bond acceptors (Lipinski definition) is 3. The average Bonchev–Trinajstić information content (AvgIpc) is 2.10. The lowest BCUT2D eigenvalue weighted by Crippen LogP contribution is -3.16. The van der Waals surface area contributed by atoms with Gasteiger partial charge >= 0.3 is 6.03 Å². The maximum absolute atomic E-state index is 11.8. The molecule has 1 aliphatic heterocycles. The lowest BCUT2D eigenvalue weighted by molar-refractivity contribution is -0.907. The highest BCUT2D eigenvalue weighted by molar-refractivity contribution is 5.94. The molecule has 1 aliphatic rings. The quantitative estimate of drug-likeness (QED) is 0.623. The first-order valence-electron chi connectivity index (χ1n) is 6.77. The van der Waals surface area contributed by atoms with Gasteiger partial charge in [0.2, 0.25) is 0 Å². The Hall–Kier alpha value is -1.14. The number of quaternary nitrogens is 1. The summed E-state index contributed by atoms with van der Waals surface area (Å²) < 4.78 is 5.61. The van der Waals surface area contributed by atoms with Gasteiger partial charge in [-0.15, -0.1) is 0 Å². The molecule has 0 aromatic heterocycles. The van der Waals surface area contributed by atoms with Crippen molar-refractivity contribution in [1.82, 2.24) is 10.6 Å². The Kier molecular flexibility index (Phi) is 5.31. The van der Waals surface area contributed by atoms with Crippen LogP contribution >= 0.6 is 0 Å². The van der Waals surface area contributed by atoms with Crippen LogP contribution in [-0.4, -0.2) is 49.3 Å². The maximum Gasteiger partial charge on any atom is 0.322 e. The predicted octanol–water partition coefficient (Wildman–Crippen LogP) is -0.697. The molecule has 2 atom stereocenters. The fourth-order valence-corrected chi connectivity index (χ4v) is 2.30. The summed E-state index contributed by atoms with van der Waals surface area (Å²) in [5.41, 5.74) is -0.348. The van der Waals surface area contributed by atoms with Crippen molar-refractivity contribution in [2.24, 2.45) is 0 Å². The standard InChI is InChI=1S/C13H25N3O3/c1-9-6-16(7-10(2)19-9)8-11(17)14-12(18)15-13(3,4)5/h9-10H,6-8H2,1-5H3,(H2,14,15,17,18)/p+1/t9-,10-/m0/s1. The van der Waals surface area contributed by atoms with Gasteiger partial charge in [0, 0.05) is 5.54 Å². The molecule has 0 unspecified atom stereocenters. The molecule has 19 heavy (non-hydrogen) atoms. The number of carbonyl (C=O) groups excluding carboxylic acids is 2. The van der Waals surface area contributed by atoms with Crippen molar-refractivity contribution in [3.63, 3.8) is 0 Å². The third-order valence-electron chi connectivity index (χ3n) is 2.77. The molecule has 0 spiro atoms. The van der Waals surface area contributed by atoms with Crippen LogP contribution in [0.15, 0.2) is 0 Å². The molecule has 1 fully saturated rings. The van der Waals surface area contributed by atoms with Gasteiger partial charge in [-0.05, 0) is 34.6 Å². The van der Waals surface area contributed by atoms with E-state index in [1.54, 1.807) is 0 Å². The van der Waals surface area contributed by atoms with E-state index in [0.717, 1.165) is 18.0 Å². The Bertz CT molecular complexity index is 329. The van der Waals surface area contributed by atoms with Gasteiger partial charge in [0.05, 0.1) is 0 Å². The molecule has 1 saturated heterocycles. The molecule has 0 bridgehead atoms. The van der Waals surface area contributed by atoms with E-state index in [4.69, 9.17) is 4.74 Å². The fourth-order valence-electron chi connectivity index (χ4n) is 2.30. The SMILES string of the molecule is C[C@H]1C[NH+](CC(=O)NC(=O)NC(C)(C)C)C[C@H](C)O1.